The van der Waals surface area contributed by atoms with E-state index in [4.69, 9.17) is 4.74 Å². The van der Waals surface area contributed by atoms with Crippen LogP contribution < -0.4 is 9.64 Å². The Labute approximate surface area is 188 Å². The zero-order chi connectivity index (χ0) is 22.7. The largest absolute Gasteiger partial charge is 0.497 e. The first-order chi connectivity index (χ1) is 15.4. The van der Waals surface area contributed by atoms with Crippen LogP contribution in [0.3, 0.4) is 0 Å². The Morgan fingerprint density at radius 1 is 0.969 bits per heavy atom. The Morgan fingerprint density at radius 2 is 1.62 bits per heavy atom. The number of amides is 1. The minimum atomic E-state index is -3.66. The van der Waals surface area contributed by atoms with E-state index in [9.17, 15) is 17.6 Å². The third-order valence-electron chi connectivity index (χ3n) is 6.21. The van der Waals surface area contributed by atoms with Crippen molar-refractivity contribution >= 4 is 21.6 Å². The van der Waals surface area contributed by atoms with Gasteiger partial charge in [0.05, 0.1) is 17.9 Å². The predicted octanol–water partition coefficient (Wildman–Crippen LogP) is 2.58. The third-order valence-corrected chi connectivity index (χ3v) is 8.09. The van der Waals surface area contributed by atoms with Crippen LogP contribution in [0.15, 0.2) is 53.4 Å². The first-order valence-electron chi connectivity index (χ1n) is 10.8. The highest BCUT2D eigenvalue weighted by atomic mass is 32.2. The molecule has 0 spiro atoms. The van der Waals surface area contributed by atoms with Gasteiger partial charge in [-0.1, -0.05) is 0 Å². The van der Waals surface area contributed by atoms with E-state index in [1.165, 1.54) is 35.7 Å². The zero-order valence-electron chi connectivity index (χ0n) is 18.1. The Hall–Kier alpha value is -2.65. The van der Waals surface area contributed by atoms with Crippen LogP contribution in [-0.2, 0) is 14.8 Å². The number of carbonyl (C=O) groups is 1. The quantitative estimate of drug-likeness (QED) is 0.685. The normalized spacial score (nSPS) is 20.2. The molecule has 32 heavy (non-hydrogen) atoms. The summed E-state index contributed by atoms with van der Waals surface area (Å²) in [5.74, 6) is -0.00281. The van der Waals surface area contributed by atoms with Crippen LogP contribution in [0.25, 0.3) is 0 Å². The van der Waals surface area contributed by atoms with Crippen molar-refractivity contribution in [2.45, 2.75) is 17.7 Å². The molecule has 2 heterocycles. The molecule has 2 fully saturated rings. The van der Waals surface area contributed by atoms with E-state index in [0.29, 0.717) is 51.3 Å². The first kappa shape index (κ1) is 22.5. The van der Waals surface area contributed by atoms with Gasteiger partial charge in [-0.3, -0.25) is 4.79 Å². The molecule has 0 N–H and O–H groups in total. The first-order valence-corrected chi connectivity index (χ1v) is 12.3. The fourth-order valence-electron chi connectivity index (χ4n) is 4.35. The van der Waals surface area contributed by atoms with E-state index in [1.807, 2.05) is 4.90 Å². The van der Waals surface area contributed by atoms with Crippen LogP contribution in [0.5, 0.6) is 5.75 Å². The highest BCUT2D eigenvalue weighted by Gasteiger charge is 2.35. The number of anilines is 1. The van der Waals surface area contributed by atoms with E-state index in [0.717, 1.165) is 5.69 Å². The number of piperazine rings is 1. The average molecular weight is 462 g/mol. The van der Waals surface area contributed by atoms with Gasteiger partial charge in [-0.2, -0.15) is 4.31 Å². The molecule has 0 bridgehead atoms. The van der Waals surface area contributed by atoms with Gasteiger partial charge in [-0.15, -0.1) is 0 Å². The second-order valence-electron chi connectivity index (χ2n) is 8.17. The topological polar surface area (TPSA) is 70.2 Å². The molecule has 2 aromatic carbocycles. The number of nitrogens with zero attached hydrogens (tertiary/aromatic N) is 3. The van der Waals surface area contributed by atoms with Gasteiger partial charge >= 0.3 is 0 Å². The lowest BCUT2D eigenvalue weighted by Crippen LogP contribution is -2.53. The van der Waals surface area contributed by atoms with E-state index >= 15 is 0 Å². The summed E-state index contributed by atoms with van der Waals surface area (Å²) in [5, 5.41) is 0. The fourth-order valence-corrected chi connectivity index (χ4v) is 5.88. The molecule has 7 nitrogen and oxygen atoms in total. The third kappa shape index (κ3) is 4.73. The predicted molar refractivity (Wildman–Crippen MR) is 120 cm³/mol. The number of hydrogen-bond donors (Lipinski definition) is 0. The van der Waals surface area contributed by atoms with Crippen LogP contribution >= 0.6 is 0 Å². The van der Waals surface area contributed by atoms with Gasteiger partial charge in [0.15, 0.2) is 0 Å². The van der Waals surface area contributed by atoms with Crippen molar-refractivity contribution in [3.63, 3.8) is 0 Å². The van der Waals surface area contributed by atoms with Crippen LogP contribution in [-0.4, -0.2) is 69.9 Å². The molecule has 0 unspecified atom stereocenters. The maximum Gasteiger partial charge on any atom is 0.243 e. The van der Waals surface area contributed by atoms with Gasteiger partial charge in [-0.05, 0) is 61.4 Å². The summed E-state index contributed by atoms with van der Waals surface area (Å²) in [7, 11) is -2.13. The second-order valence-corrected chi connectivity index (χ2v) is 10.1. The molecule has 0 saturated carbocycles. The smallest absolute Gasteiger partial charge is 0.243 e. The summed E-state index contributed by atoms with van der Waals surface area (Å²) < 4.78 is 45.9. The number of benzene rings is 2. The van der Waals surface area contributed by atoms with Crippen LogP contribution in [0, 0.1) is 11.7 Å². The molecular formula is C23H28FN3O4S. The highest BCUT2D eigenvalue weighted by molar-refractivity contribution is 7.89. The van der Waals surface area contributed by atoms with Gasteiger partial charge in [0.2, 0.25) is 15.9 Å². The average Bonchev–Trinajstić information content (AvgIpc) is 2.84. The van der Waals surface area contributed by atoms with Gasteiger partial charge in [0.1, 0.15) is 11.6 Å². The maximum absolute atomic E-state index is 13.2. The zero-order valence-corrected chi connectivity index (χ0v) is 18.9. The molecule has 4 rings (SSSR count). The minimum Gasteiger partial charge on any atom is -0.497 e. The molecule has 2 aliphatic heterocycles. The number of halogens is 1. The summed E-state index contributed by atoms with van der Waals surface area (Å²) in [6, 6.07) is 12.7. The van der Waals surface area contributed by atoms with Crippen molar-refractivity contribution in [1.29, 1.82) is 0 Å². The Morgan fingerprint density at radius 3 is 2.25 bits per heavy atom. The number of carbonyl (C=O) groups excluding carboxylic acids is 1. The molecule has 2 aromatic rings. The SMILES string of the molecule is COc1ccc(S(=O)(=O)N2CCC[C@@H](C(=O)N3CCN(c4ccc(F)cc4)CC3)C2)cc1. The second kappa shape index (κ2) is 9.46. The number of rotatable bonds is 5. The maximum atomic E-state index is 13.2. The highest BCUT2D eigenvalue weighted by Crippen LogP contribution is 2.27. The number of sulfonamides is 1. The van der Waals surface area contributed by atoms with E-state index in [-0.39, 0.29) is 29.1 Å². The Kier molecular flexibility index (Phi) is 6.66. The molecule has 2 saturated heterocycles. The van der Waals surface area contributed by atoms with Crippen LogP contribution in [0.4, 0.5) is 10.1 Å². The summed E-state index contributed by atoms with van der Waals surface area (Å²) in [6.07, 6.45) is 1.34. The minimum absolute atomic E-state index is 0.0124. The Balaban J connectivity index is 1.37. The van der Waals surface area contributed by atoms with Crippen molar-refractivity contribution in [2.24, 2.45) is 5.92 Å². The van der Waals surface area contributed by atoms with Crippen molar-refractivity contribution < 1.29 is 22.3 Å². The number of methoxy groups -OCH3 is 1. The molecule has 1 atom stereocenters. The van der Waals surface area contributed by atoms with Gasteiger partial charge in [-0.25, -0.2) is 12.8 Å². The van der Waals surface area contributed by atoms with Crippen molar-refractivity contribution in [2.75, 3.05) is 51.3 Å². The lowest BCUT2D eigenvalue weighted by atomic mass is 9.97. The summed E-state index contributed by atoms with van der Waals surface area (Å²) in [6.45, 7) is 3.08. The number of piperidine rings is 1. The molecule has 172 valence electrons. The molecule has 9 heteroatoms. The lowest BCUT2D eigenvalue weighted by molar-refractivity contribution is -0.137. The molecule has 2 aliphatic rings. The number of hydrogen-bond acceptors (Lipinski definition) is 5. The molecule has 1 amide bonds. The molecule has 0 radical (unpaired) electrons. The molecule has 0 aliphatic carbocycles. The summed E-state index contributed by atoms with van der Waals surface area (Å²) >= 11 is 0. The van der Waals surface area contributed by atoms with E-state index in [2.05, 4.69) is 4.90 Å². The van der Waals surface area contributed by atoms with E-state index in [1.54, 1.807) is 24.3 Å². The number of ether oxygens (including phenoxy) is 1. The summed E-state index contributed by atoms with van der Waals surface area (Å²) in [5.41, 5.74) is 0.938. The molecule has 0 aromatic heterocycles. The summed E-state index contributed by atoms with van der Waals surface area (Å²) in [4.78, 5) is 17.3. The standard InChI is InChI=1S/C23H28FN3O4S/c1-31-21-8-10-22(11-9-21)32(29,30)27-12-2-3-18(17-27)23(28)26-15-13-25(14-16-26)20-6-4-19(24)5-7-20/h4-11,18H,2-3,12-17H2,1H3/t18-/m1/s1. The van der Waals surface area contributed by atoms with Crippen molar-refractivity contribution in [3.8, 4) is 5.75 Å². The van der Waals surface area contributed by atoms with Crippen molar-refractivity contribution in [1.82, 2.24) is 9.21 Å². The van der Waals surface area contributed by atoms with Gasteiger partial charge in [0, 0.05) is 45.0 Å². The lowest BCUT2D eigenvalue weighted by Gasteiger charge is -2.39. The van der Waals surface area contributed by atoms with Crippen molar-refractivity contribution in [3.05, 3.63) is 54.3 Å². The van der Waals surface area contributed by atoms with Gasteiger partial charge < -0.3 is 14.5 Å². The van der Waals surface area contributed by atoms with Gasteiger partial charge in [0.25, 0.3) is 0 Å². The van der Waals surface area contributed by atoms with Crippen LogP contribution in [0.2, 0.25) is 0 Å². The van der Waals surface area contributed by atoms with E-state index < -0.39 is 10.0 Å². The fraction of sp³-hybridized carbons (Fsp3) is 0.435. The molecular weight excluding hydrogens is 433 g/mol. The Bertz CT molecular complexity index is 1040. The monoisotopic (exact) mass is 461 g/mol. The van der Waals surface area contributed by atoms with Crippen LogP contribution in [0.1, 0.15) is 12.8 Å².